The van der Waals surface area contributed by atoms with Crippen LogP contribution in [0.2, 0.25) is 0 Å². The highest BCUT2D eigenvalue weighted by atomic mass is 16.5. The zero-order valence-electron chi connectivity index (χ0n) is 47.4. The first kappa shape index (κ1) is 63.8. The average molecular weight is 1140 g/mol. The number of anilines is 4. The number of phenolic OH excluding ortho intramolecular Hbond substituents is 4. The van der Waals surface area contributed by atoms with Gasteiger partial charge in [-0.3, -0.25) is 30.0 Å². The number of fused-ring (bicyclic) bond motifs is 4. The average Bonchev–Trinajstić information content (AvgIpc) is 1.79. The number of likely N-dealkylation sites (N-methyl/N-ethyl adjacent to an activating group) is 2. The van der Waals surface area contributed by atoms with E-state index < -0.39 is 23.1 Å². The number of nitrogens with one attached hydrogen (secondary N) is 8. The fourth-order valence-corrected chi connectivity index (χ4v) is 9.08. The third-order valence-corrected chi connectivity index (χ3v) is 13.2. The van der Waals surface area contributed by atoms with Gasteiger partial charge >= 0.3 is 0 Å². The lowest BCUT2D eigenvalue weighted by molar-refractivity contribution is 0.0174. The molecule has 0 unspecified atom stereocenters. The summed E-state index contributed by atoms with van der Waals surface area (Å²) >= 11 is 0. The number of aromatic hydroxyl groups is 4. The number of amidine groups is 2. The Morgan fingerprint density at radius 3 is 0.878 bits per heavy atom. The smallest absolute Gasteiger partial charge is 0.200 e. The minimum atomic E-state index is -0.569. The Bertz CT molecular complexity index is 2660. The standard InChI is InChI=1S/C58H80N10O14/c1-67(2)23-17-61-37-9-13-41(69)51-47(37)55(73)53-43(71)15-11-39(49(53)57(51)75)63-19-25-77-29-33-81-35-31-79-27-21-65-45(59)7-5-6-8-46(60)66-22-28-80-32-36-82-34-30-78-26-20-64-40-12-16-44(72)54-50(40)58(76)52-42(70)14-10-38(48(52)56(54)74)62-18-24-68(3)4/h9-16,61-64,69-72H,5-8,17-36H2,1-4H3,(H2,59,65)(H2,60,66). The summed E-state index contributed by atoms with van der Waals surface area (Å²) in [7, 11) is 7.66. The predicted molar refractivity (Wildman–Crippen MR) is 312 cm³/mol. The van der Waals surface area contributed by atoms with Crippen molar-refractivity contribution >= 4 is 57.6 Å². The van der Waals surface area contributed by atoms with Gasteiger partial charge < -0.3 is 90.5 Å². The van der Waals surface area contributed by atoms with Crippen molar-refractivity contribution in [1.82, 2.24) is 20.4 Å². The van der Waals surface area contributed by atoms with Gasteiger partial charge in [0.15, 0.2) is 0 Å². The van der Waals surface area contributed by atoms with E-state index in [-0.39, 0.29) is 80.7 Å². The van der Waals surface area contributed by atoms with Crippen LogP contribution < -0.4 is 31.9 Å². The lowest BCUT2D eigenvalue weighted by atomic mass is 9.81. The molecule has 0 aliphatic heterocycles. The molecule has 0 spiro atoms. The van der Waals surface area contributed by atoms with Crippen LogP contribution in [0, 0.1) is 10.8 Å². The molecule has 0 heterocycles. The number of benzene rings is 4. The second kappa shape index (κ2) is 32.9. The van der Waals surface area contributed by atoms with Gasteiger partial charge in [-0.1, -0.05) is 0 Å². The lowest BCUT2D eigenvalue weighted by Crippen LogP contribution is -2.28. The van der Waals surface area contributed by atoms with E-state index in [0.717, 1.165) is 12.8 Å². The molecule has 24 heteroatoms. The van der Waals surface area contributed by atoms with Crippen LogP contribution in [0.25, 0.3) is 0 Å². The number of unbranched alkanes of at least 4 members (excludes halogenated alkanes) is 1. The van der Waals surface area contributed by atoms with Crippen LogP contribution in [0.5, 0.6) is 23.0 Å². The molecule has 0 fully saturated rings. The monoisotopic (exact) mass is 1140 g/mol. The summed E-state index contributed by atoms with van der Waals surface area (Å²) in [6.07, 6.45) is 2.64. The van der Waals surface area contributed by atoms with E-state index in [2.05, 4.69) is 31.9 Å². The van der Waals surface area contributed by atoms with E-state index in [0.29, 0.717) is 166 Å². The van der Waals surface area contributed by atoms with Gasteiger partial charge in [0.05, 0.1) is 135 Å². The van der Waals surface area contributed by atoms with Crippen molar-refractivity contribution in [3.63, 3.8) is 0 Å². The highest BCUT2D eigenvalue weighted by Gasteiger charge is 2.39. The number of phenols is 4. The minimum Gasteiger partial charge on any atom is -0.507 e. The van der Waals surface area contributed by atoms with E-state index >= 15 is 0 Å². The fraction of sp³-hybridized carbons (Fsp3) is 0.483. The maximum absolute atomic E-state index is 13.7. The number of ether oxygens (including phenoxy) is 6. The summed E-state index contributed by atoms with van der Waals surface area (Å²) in [5.41, 5.74) is 1.09. The van der Waals surface area contributed by atoms with E-state index in [1.807, 2.05) is 38.0 Å². The largest absolute Gasteiger partial charge is 0.507 e. The van der Waals surface area contributed by atoms with Crippen molar-refractivity contribution < 1.29 is 68.0 Å². The van der Waals surface area contributed by atoms with Gasteiger partial charge in [-0.2, -0.15) is 0 Å². The number of hydrogen-bond donors (Lipinski definition) is 12. The Hall–Kier alpha value is -7.42. The first-order valence-electron chi connectivity index (χ1n) is 27.6. The molecule has 0 amide bonds. The van der Waals surface area contributed by atoms with Crippen molar-refractivity contribution in [3.05, 3.63) is 93.0 Å². The number of carbonyl (C=O) groups is 4. The van der Waals surface area contributed by atoms with Crippen LogP contribution in [-0.2, 0) is 28.4 Å². The number of hydrogen-bond acceptors (Lipinski definition) is 22. The molecule has 12 N–H and O–H groups in total. The molecule has 6 rings (SSSR count). The Kier molecular flexibility index (Phi) is 25.6. The van der Waals surface area contributed by atoms with Crippen molar-refractivity contribution in [2.75, 3.05) is 181 Å². The second-order valence-electron chi connectivity index (χ2n) is 19.9. The molecule has 446 valence electrons. The Balaban J connectivity index is 0.707. The molecule has 82 heavy (non-hydrogen) atoms. The van der Waals surface area contributed by atoms with Crippen LogP contribution in [0.3, 0.4) is 0 Å². The zero-order chi connectivity index (χ0) is 59.0. The molecular weight excluding hydrogens is 1060 g/mol. The van der Waals surface area contributed by atoms with Crippen LogP contribution in [0.1, 0.15) is 89.4 Å². The van der Waals surface area contributed by atoms with Crippen molar-refractivity contribution in [1.29, 1.82) is 10.8 Å². The maximum atomic E-state index is 13.7. The number of ketones is 4. The molecule has 0 saturated heterocycles. The molecule has 4 aromatic rings. The van der Waals surface area contributed by atoms with Gasteiger partial charge in [-0.05, 0) is 89.6 Å². The van der Waals surface area contributed by atoms with Gasteiger partial charge in [-0.25, -0.2) is 0 Å². The summed E-state index contributed by atoms with van der Waals surface area (Å²) in [4.78, 5) is 58.9. The van der Waals surface area contributed by atoms with E-state index in [1.54, 1.807) is 12.1 Å². The Labute approximate surface area is 478 Å². The molecular formula is C58H80N10O14. The molecule has 24 nitrogen and oxygen atoms in total. The number of carbonyl (C=O) groups excluding carboxylic acids is 4. The van der Waals surface area contributed by atoms with Gasteiger partial charge in [-0.15, -0.1) is 0 Å². The topological polar surface area (TPSA) is 331 Å². The third kappa shape index (κ3) is 18.0. The van der Waals surface area contributed by atoms with Gasteiger partial charge in [0.25, 0.3) is 0 Å². The summed E-state index contributed by atoms with van der Waals surface area (Å²) in [5.74, 6) is -2.71. The summed E-state index contributed by atoms with van der Waals surface area (Å²) in [6, 6.07) is 11.6. The van der Waals surface area contributed by atoms with Crippen LogP contribution >= 0.6 is 0 Å². The van der Waals surface area contributed by atoms with Crippen LogP contribution in [0.4, 0.5) is 22.7 Å². The van der Waals surface area contributed by atoms with Gasteiger partial charge in [0.1, 0.15) is 23.0 Å². The highest BCUT2D eigenvalue weighted by Crippen LogP contribution is 2.44. The molecule has 4 aromatic carbocycles. The van der Waals surface area contributed by atoms with Gasteiger partial charge in [0.2, 0.25) is 23.1 Å². The SMILES string of the molecule is CN(C)CCNc1ccc(O)c2c1C(=O)c1c(O)ccc(NCCOCCOCCOCCNC(=N)CCCCC(=N)NCCOCCOCCOCCNc3ccc(O)c4c3C(=O)c3c(O)ccc(NCCN(C)C)c3C4=O)c1C2=O. The van der Waals surface area contributed by atoms with Gasteiger partial charge in [0, 0.05) is 87.9 Å². The van der Waals surface area contributed by atoms with E-state index in [4.69, 9.17) is 39.2 Å². The number of nitrogens with zero attached hydrogens (tertiary/aromatic N) is 2. The first-order valence-corrected chi connectivity index (χ1v) is 27.6. The third-order valence-electron chi connectivity index (χ3n) is 13.2. The van der Waals surface area contributed by atoms with E-state index in [1.165, 1.54) is 36.4 Å². The number of rotatable bonds is 39. The molecule has 2 aliphatic rings. The molecule has 0 atom stereocenters. The van der Waals surface area contributed by atoms with E-state index in [9.17, 15) is 39.6 Å². The highest BCUT2D eigenvalue weighted by molar-refractivity contribution is 6.34. The zero-order valence-corrected chi connectivity index (χ0v) is 47.4. The van der Waals surface area contributed by atoms with Crippen LogP contribution in [0.15, 0.2) is 48.5 Å². The second-order valence-corrected chi connectivity index (χ2v) is 19.9. The Morgan fingerprint density at radius 2 is 0.610 bits per heavy atom. The molecule has 0 saturated carbocycles. The molecule has 0 aromatic heterocycles. The lowest BCUT2D eigenvalue weighted by Gasteiger charge is -2.24. The molecule has 0 radical (unpaired) electrons. The van der Waals surface area contributed by atoms with Crippen LogP contribution in [-0.4, -0.2) is 225 Å². The van der Waals surface area contributed by atoms with Crippen molar-refractivity contribution in [3.8, 4) is 23.0 Å². The molecule has 2 aliphatic carbocycles. The minimum absolute atomic E-state index is 0.00520. The fourth-order valence-electron chi connectivity index (χ4n) is 9.08. The first-order chi connectivity index (χ1) is 39.6. The Morgan fingerprint density at radius 1 is 0.366 bits per heavy atom. The van der Waals surface area contributed by atoms with Crippen molar-refractivity contribution in [2.24, 2.45) is 0 Å². The summed E-state index contributed by atoms with van der Waals surface area (Å²) in [6.45, 7) is 8.04. The van der Waals surface area contributed by atoms with Crippen molar-refractivity contribution in [2.45, 2.75) is 25.7 Å². The quantitative estimate of drug-likeness (QED) is 0.0111. The summed E-state index contributed by atoms with van der Waals surface area (Å²) < 4.78 is 33.7. The predicted octanol–water partition coefficient (Wildman–Crippen LogP) is 4.32. The molecule has 0 bridgehead atoms. The maximum Gasteiger partial charge on any atom is 0.200 e. The summed E-state index contributed by atoms with van der Waals surface area (Å²) in [5, 5.41) is 77.7. The normalized spacial score (nSPS) is 12.5.